The van der Waals surface area contributed by atoms with E-state index in [9.17, 15) is 0 Å². The molecule has 0 amide bonds. The van der Waals surface area contributed by atoms with Gasteiger partial charge in [0.25, 0.3) is 0 Å². The summed E-state index contributed by atoms with van der Waals surface area (Å²) in [6.45, 7) is 2.17. The first-order valence-corrected chi connectivity index (χ1v) is 9.07. The number of hydrogen-bond donors (Lipinski definition) is 1. The van der Waals surface area contributed by atoms with E-state index in [4.69, 9.17) is 4.98 Å². The smallest absolute Gasteiger partial charge is 0.141 e. The third-order valence-corrected chi connectivity index (χ3v) is 5.56. The van der Waals surface area contributed by atoms with Crippen LogP contribution >= 0.6 is 0 Å². The molecule has 2 fully saturated rings. The molecule has 3 heteroatoms. The van der Waals surface area contributed by atoms with E-state index >= 15 is 0 Å². The number of fused-ring (bicyclic) bond motifs is 1. The van der Waals surface area contributed by atoms with Gasteiger partial charge in [-0.1, -0.05) is 38.2 Å². The van der Waals surface area contributed by atoms with Crippen LogP contribution in [0.25, 0.3) is 5.65 Å². The Morgan fingerprint density at radius 2 is 1.77 bits per heavy atom. The molecular weight excluding hydrogens is 270 g/mol. The zero-order chi connectivity index (χ0) is 14.9. The van der Waals surface area contributed by atoms with Crippen molar-refractivity contribution in [3.8, 4) is 0 Å². The first-order chi connectivity index (χ1) is 10.8. The minimum absolute atomic E-state index is 0.641. The molecule has 0 bridgehead atoms. The van der Waals surface area contributed by atoms with Gasteiger partial charge in [0.15, 0.2) is 0 Å². The van der Waals surface area contributed by atoms with Crippen LogP contribution in [0.4, 0.5) is 5.82 Å². The van der Waals surface area contributed by atoms with Crippen LogP contribution in [0.2, 0.25) is 0 Å². The lowest BCUT2D eigenvalue weighted by Crippen LogP contribution is -2.18. The van der Waals surface area contributed by atoms with Gasteiger partial charge in [0.1, 0.15) is 11.5 Å². The summed E-state index contributed by atoms with van der Waals surface area (Å²) in [4.78, 5) is 5.08. The van der Waals surface area contributed by atoms with Gasteiger partial charge in [0, 0.05) is 18.2 Å². The van der Waals surface area contributed by atoms with Crippen molar-refractivity contribution in [1.29, 1.82) is 0 Å². The lowest BCUT2D eigenvalue weighted by molar-refractivity contribution is 0.438. The van der Waals surface area contributed by atoms with Crippen LogP contribution in [0.3, 0.4) is 0 Å². The topological polar surface area (TPSA) is 29.3 Å². The molecule has 2 saturated carbocycles. The van der Waals surface area contributed by atoms with Crippen LogP contribution in [0.15, 0.2) is 18.3 Å². The van der Waals surface area contributed by atoms with E-state index < -0.39 is 0 Å². The van der Waals surface area contributed by atoms with Gasteiger partial charge in [-0.25, -0.2) is 4.98 Å². The molecule has 2 aliphatic carbocycles. The highest BCUT2D eigenvalue weighted by molar-refractivity contribution is 5.60. The molecule has 3 nitrogen and oxygen atoms in total. The number of aryl methyl sites for hydroxylation is 1. The monoisotopic (exact) mass is 297 g/mol. The van der Waals surface area contributed by atoms with E-state index in [0.29, 0.717) is 12.0 Å². The number of rotatable bonds is 3. The Bertz CT molecular complexity index is 646. The van der Waals surface area contributed by atoms with Crippen LogP contribution in [-0.2, 0) is 0 Å². The molecule has 118 valence electrons. The van der Waals surface area contributed by atoms with Gasteiger partial charge in [-0.15, -0.1) is 0 Å². The number of pyridine rings is 1. The molecule has 0 aromatic carbocycles. The summed E-state index contributed by atoms with van der Waals surface area (Å²) in [5.74, 6) is 1.94. The van der Waals surface area contributed by atoms with Gasteiger partial charge in [-0.05, 0) is 44.2 Å². The second-order valence-corrected chi connectivity index (χ2v) is 7.19. The quantitative estimate of drug-likeness (QED) is 0.859. The number of anilines is 1. The molecule has 2 aromatic rings. The average molecular weight is 297 g/mol. The van der Waals surface area contributed by atoms with Gasteiger partial charge >= 0.3 is 0 Å². The second-order valence-electron chi connectivity index (χ2n) is 7.19. The number of nitrogens with one attached hydrogen (secondary N) is 1. The molecule has 0 aliphatic heterocycles. The summed E-state index contributed by atoms with van der Waals surface area (Å²) < 4.78 is 2.30. The van der Waals surface area contributed by atoms with Crippen molar-refractivity contribution in [2.45, 2.75) is 76.7 Å². The molecule has 0 saturated heterocycles. The number of nitrogens with zero attached hydrogens (tertiary/aromatic N) is 2. The SMILES string of the molecule is Cc1cccn2c(NC3CCCC3)c(C3CCCCC3)nc12. The summed E-state index contributed by atoms with van der Waals surface area (Å²) in [6, 6.07) is 4.96. The average Bonchev–Trinajstić information content (AvgIpc) is 3.18. The molecule has 4 rings (SSSR count). The van der Waals surface area contributed by atoms with E-state index in [1.165, 1.54) is 74.9 Å². The first kappa shape index (κ1) is 14.1. The van der Waals surface area contributed by atoms with E-state index in [2.05, 4.69) is 35.0 Å². The Hall–Kier alpha value is -1.51. The Morgan fingerprint density at radius 1 is 1.05 bits per heavy atom. The zero-order valence-electron chi connectivity index (χ0n) is 13.6. The highest BCUT2D eigenvalue weighted by atomic mass is 15.1. The summed E-state index contributed by atoms with van der Waals surface area (Å²) >= 11 is 0. The van der Waals surface area contributed by atoms with Crippen LogP contribution < -0.4 is 5.32 Å². The standard InChI is InChI=1S/C19H27N3/c1-14-8-7-13-22-18(14)21-17(15-9-3-2-4-10-15)19(22)20-16-11-5-6-12-16/h7-8,13,15-16,20H,2-6,9-12H2,1H3. The van der Waals surface area contributed by atoms with Gasteiger partial charge in [0.05, 0.1) is 5.69 Å². The molecule has 22 heavy (non-hydrogen) atoms. The number of aromatic nitrogens is 2. The normalized spacial score (nSPS) is 20.8. The van der Waals surface area contributed by atoms with E-state index in [-0.39, 0.29) is 0 Å². The van der Waals surface area contributed by atoms with Crippen molar-refractivity contribution in [1.82, 2.24) is 9.38 Å². The third kappa shape index (κ3) is 2.51. The fraction of sp³-hybridized carbons (Fsp3) is 0.632. The fourth-order valence-corrected chi connectivity index (χ4v) is 4.29. The minimum atomic E-state index is 0.641. The van der Waals surface area contributed by atoms with Crippen LogP contribution in [0.1, 0.15) is 75.0 Å². The molecule has 1 N–H and O–H groups in total. The van der Waals surface area contributed by atoms with E-state index in [1.807, 2.05) is 0 Å². The van der Waals surface area contributed by atoms with Gasteiger partial charge in [0.2, 0.25) is 0 Å². The summed E-state index contributed by atoms with van der Waals surface area (Å²) in [5.41, 5.74) is 3.75. The molecular formula is C19H27N3. The summed E-state index contributed by atoms with van der Waals surface area (Å²) in [6.07, 6.45) is 14.3. The molecule has 2 heterocycles. The van der Waals surface area contributed by atoms with Crippen molar-refractivity contribution in [2.75, 3.05) is 5.32 Å². The maximum Gasteiger partial charge on any atom is 0.141 e. The lowest BCUT2D eigenvalue weighted by atomic mass is 9.87. The Balaban J connectivity index is 1.76. The van der Waals surface area contributed by atoms with Crippen molar-refractivity contribution in [2.24, 2.45) is 0 Å². The Kier molecular flexibility index (Phi) is 3.81. The van der Waals surface area contributed by atoms with Gasteiger partial charge in [-0.3, -0.25) is 4.40 Å². The van der Waals surface area contributed by atoms with Gasteiger partial charge < -0.3 is 5.32 Å². The second kappa shape index (κ2) is 5.94. The largest absolute Gasteiger partial charge is 0.367 e. The number of imidazole rings is 1. The summed E-state index contributed by atoms with van der Waals surface area (Å²) in [5, 5.41) is 3.86. The molecule has 0 unspecified atom stereocenters. The predicted molar refractivity (Wildman–Crippen MR) is 91.6 cm³/mol. The molecule has 0 spiro atoms. The number of hydrogen-bond acceptors (Lipinski definition) is 2. The molecule has 2 aliphatic rings. The molecule has 0 atom stereocenters. The van der Waals surface area contributed by atoms with Crippen LogP contribution in [0.5, 0.6) is 0 Å². The van der Waals surface area contributed by atoms with E-state index in [0.717, 1.165) is 5.65 Å². The lowest BCUT2D eigenvalue weighted by Gasteiger charge is -2.22. The van der Waals surface area contributed by atoms with Gasteiger partial charge in [-0.2, -0.15) is 0 Å². The van der Waals surface area contributed by atoms with Crippen molar-refractivity contribution in [3.63, 3.8) is 0 Å². The highest BCUT2D eigenvalue weighted by Gasteiger charge is 2.26. The third-order valence-electron chi connectivity index (χ3n) is 5.56. The first-order valence-electron chi connectivity index (χ1n) is 9.07. The van der Waals surface area contributed by atoms with Crippen molar-refractivity contribution in [3.05, 3.63) is 29.6 Å². The molecule has 2 aromatic heterocycles. The van der Waals surface area contributed by atoms with Crippen molar-refractivity contribution < 1.29 is 0 Å². The maximum atomic E-state index is 5.08. The fourth-order valence-electron chi connectivity index (χ4n) is 4.29. The molecule has 0 radical (unpaired) electrons. The van der Waals surface area contributed by atoms with Crippen molar-refractivity contribution >= 4 is 11.5 Å². The minimum Gasteiger partial charge on any atom is -0.367 e. The summed E-state index contributed by atoms with van der Waals surface area (Å²) in [7, 11) is 0. The van der Waals surface area contributed by atoms with E-state index in [1.54, 1.807) is 0 Å². The van der Waals surface area contributed by atoms with Crippen LogP contribution in [-0.4, -0.2) is 15.4 Å². The predicted octanol–water partition coefficient (Wildman–Crippen LogP) is 5.04. The highest BCUT2D eigenvalue weighted by Crippen LogP contribution is 2.37. The zero-order valence-corrected chi connectivity index (χ0v) is 13.6. The van der Waals surface area contributed by atoms with Crippen LogP contribution in [0, 0.1) is 6.92 Å². The Labute approximate surface area is 133 Å². The Morgan fingerprint density at radius 3 is 2.55 bits per heavy atom. The maximum absolute atomic E-state index is 5.08.